The monoisotopic (exact) mass is 489 g/mol. The number of thiazole rings is 1. The number of aromatic nitrogens is 1. The molecule has 33 heavy (non-hydrogen) atoms. The largest absolute Gasteiger partial charge is 0.497 e. The maximum absolute atomic E-state index is 13.2. The van der Waals surface area contributed by atoms with E-state index in [4.69, 9.17) is 9.72 Å². The van der Waals surface area contributed by atoms with Gasteiger partial charge in [0.2, 0.25) is 5.91 Å². The fourth-order valence-electron chi connectivity index (χ4n) is 3.56. The average molecular weight is 490 g/mol. The van der Waals surface area contributed by atoms with Crippen molar-refractivity contribution in [3.63, 3.8) is 0 Å². The van der Waals surface area contributed by atoms with E-state index in [2.05, 4.69) is 6.07 Å². The van der Waals surface area contributed by atoms with Gasteiger partial charge in [-0.3, -0.25) is 9.69 Å². The third-order valence-electron chi connectivity index (χ3n) is 5.33. The third-order valence-corrected chi connectivity index (χ3v) is 8.38. The first-order chi connectivity index (χ1) is 15.6. The molecular formula is C24H31N3O4S2. The van der Waals surface area contributed by atoms with Gasteiger partial charge in [0.15, 0.2) is 15.0 Å². The molecule has 9 heteroatoms. The van der Waals surface area contributed by atoms with Crippen LogP contribution in [0.2, 0.25) is 0 Å². The Balaban J connectivity index is 1.73. The molecule has 0 atom stereocenters. The first-order valence-corrected chi connectivity index (χ1v) is 13.3. The van der Waals surface area contributed by atoms with E-state index in [0.717, 1.165) is 21.3 Å². The predicted octanol–water partition coefficient (Wildman–Crippen LogP) is 4.07. The summed E-state index contributed by atoms with van der Waals surface area (Å²) < 4.78 is 31.5. The van der Waals surface area contributed by atoms with Crippen molar-refractivity contribution in [2.24, 2.45) is 0 Å². The second-order valence-electron chi connectivity index (χ2n) is 8.37. The van der Waals surface area contributed by atoms with E-state index in [-0.39, 0.29) is 29.4 Å². The quantitative estimate of drug-likeness (QED) is 0.427. The Hall–Kier alpha value is -2.49. The molecule has 0 N–H and O–H groups in total. The van der Waals surface area contributed by atoms with Gasteiger partial charge in [-0.25, -0.2) is 13.4 Å². The first kappa shape index (κ1) is 25.1. The number of carbonyl (C=O) groups excluding carboxylic acids is 1. The zero-order valence-corrected chi connectivity index (χ0v) is 21.4. The summed E-state index contributed by atoms with van der Waals surface area (Å²) >= 11 is 1.51. The number of rotatable bonds is 10. The van der Waals surface area contributed by atoms with Gasteiger partial charge in [0.25, 0.3) is 0 Å². The molecule has 178 valence electrons. The van der Waals surface area contributed by atoms with Gasteiger partial charge in [0.1, 0.15) is 5.75 Å². The first-order valence-electron chi connectivity index (χ1n) is 10.8. The smallest absolute Gasteiger partial charge is 0.228 e. The van der Waals surface area contributed by atoms with Crippen LogP contribution in [0.3, 0.4) is 0 Å². The fraction of sp³-hybridized carbons (Fsp3) is 0.417. The van der Waals surface area contributed by atoms with Crippen molar-refractivity contribution >= 4 is 42.4 Å². The Morgan fingerprint density at radius 2 is 1.79 bits per heavy atom. The Morgan fingerprint density at radius 1 is 1.09 bits per heavy atom. The van der Waals surface area contributed by atoms with Crippen LogP contribution in [0.5, 0.6) is 5.75 Å². The Kier molecular flexibility index (Phi) is 8.10. The van der Waals surface area contributed by atoms with E-state index in [1.165, 1.54) is 30.6 Å². The normalized spacial score (nSPS) is 11.8. The number of likely N-dealkylation sites (N-methyl/N-ethyl adjacent to an activating group) is 1. The summed E-state index contributed by atoms with van der Waals surface area (Å²) in [4.78, 5) is 21.8. The van der Waals surface area contributed by atoms with Crippen molar-refractivity contribution in [1.29, 1.82) is 0 Å². The van der Waals surface area contributed by atoms with Gasteiger partial charge in [0.05, 0.1) is 28.0 Å². The van der Waals surface area contributed by atoms with Gasteiger partial charge in [-0.05, 0) is 75.8 Å². The van der Waals surface area contributed by atoms with Gasteiger partial charge in [-0.1, -0.05) is 17.4 Å². The predicted molar refractivity (Wildman–Crippen MR) is 134 cm³/mol. The summed E-state index contributed by atoms with van der Waals surface area (Å²) in [6.07, 6.45) is 0.380. The molecule has 0 aliphatic rings. The van der Waals surface area contributed by atoms with E-state index in [0.29, 0.717) is 24.0 Å². The number of amides is 1. The molecule has 3 aromatic rings. The number of aryl methyl sites for hydroxylation is 2. The van der Waals surface area contributed by atoms with Crippen molar-refractivity contribution in [3.8, 4) is 5.75 Å². The van der Waals surface area contributed by atoms with Gasteiger partial charge in [-0.15, -0.1) is 0 Å². The van der Waals surface area contributed by atoms with Crippen LogP contribution in [0.25, 0.3) is 10.2 Å². The SMILES string of the molecule is COc1ccc(S(=O)(=O)CCCC(=O)N(CCN(C)C)c2nc3cc(C)cc(C)c3s2)cc1. The van der Waals surface area contributed by atoms with Crippen LogP contribution in [-0.2, 0) is 14.6 Å². The molecule has 0 fully saturated rings. The van der Waals surface area contributed by atoms with Crippen molar-refractivity contribution in [1.82, 2.24) is 9.88 Å². The minimum Gasteiger partial charge on any atom is -0.497 e. The fourth-order valence-corrected chi connectivity index (χ4v) is 5.93. The highest BCUT2D eigenvalue weighted by Gasteiger charge is 2.22. The van der Waals surface area contributed by atoms with Crippen LogP contribution in [0.1, 0.15) is 24.0 Å². The summed E-state index contributed by atoms with van der Waals surface area (Å²) in [5, 5.41) is 0.656. The van der Waals surface area contributed by atoms with E-state index in [1.807, 2.05) is 38.9 Å². The molecule has 0 aliphatic carbocycles. The number of anilines is 1. The molecule has 0 saturated carbocycles. The van der Waals surface area contributed by atoms with Gasteiger partial charge in [0, 0.05) is 19.5 Å². The Bertz CT molecular complexity index is 1220. The van der Waals surface area contributed by atoms with Crippen LogP contribution < -0.4 is 9.64 Å². The molecular weight excluding hydrogens is 458 g/mol. The second-order valence-corrected chi connectivity index (χ2v) is 11.5. The number of hydrogen-bond donors (Lipinski definition) is 0. The van der Waals surface area contributed by atoms with Crippen LogP contribution in [0, 0.1) is 13.8 Å². The molecule has 0 bridgehead atoms. The summed E-state index contributed by atoms with van der Waals surface area (Å²) in [6, 6.07) is 10.4. The third kappa shape index (κ3) is 6.31. The van der Waals surface area contributed by atoms with Crippen LogP contribution >= 0.6 is 11.3 Å². The van der Waals surface area contributed by atoms with Crippen molar-refractivity contribution < 1.29 is 17.9 Å². The molecule has 0 unspecified atom stereocenters. The minimum atomic E-state index is -3.48. The second kappa shape index (κ2) is 10.6. The lowest BCUT2D eigenvalue weighted by Gasteiger charge is -2.22. The van der Waals surface area contributed by atoms with Crippen LogP contribution in [-0.4, -0.2) is 64.3 Å². The maximum atomic E-state index is 13.2. The molecule has 1 heterocycles. The number of hydrogen-bond acceptors (Lipinski definition) is 7. The molecule has 7 nitrogen and oxygen atoms in total. The summed E-state index contributed by atoms with van der Waals surface area (Å²) in [5.41, 5.74) is 3.16. The Morgan fingerprint density at radius 3 is 2.42 bits per heavy atom. The lowest BCUT2D eigenvalue weighted by molar-refractivity contribution is -0.118. The molecule has 0 radical (unpaired) electrons. The summed E-state index contributed by atoms with van der Waals surface area (Å²) in [5.74, 6) is 0.391. The molecule has 0 aliphatic heterocycles. The highest BCUT2D eigenvalue weighted by Crippen LogP contribution is 2.32. The maximum Gasteiger partial charge on any atom is 0.228 e. The van der Waals surface area contributed by atoms with Crippen molar-refractivity contribution in [2.45, 2.75) is 31.6 Å². The van der Waals surface area contributed by atoms with E-state index in [1.54, 1.807) is 17.0 Å². The lowest BCUT2D eigenvalue weighted by atomic mass is 10.1. The molecule has 1 amide bonds. The number of fused-ring (bicyclic) bond motifs is 1. The van der Waals surface area contributed by atoms with E-state index >= 15 is 0 Å². The highest BCUT2D eigenvalue weighted by molar-refractivity contribution is 7.91. The highest BCUT2D eigenvalue weighted by atomic mass is 32.2. The number of benzene rings is 2. The number of methoxy groups -OCH3 is 1. The van der Waals surface area contributed by atoms with Crippen molar-refractivity contribution in [3.05, 3.63) is 47.5 Å². The number of ether oxygens (including phenoxy) is 1. The van der Waals surface area contributed by atoms with Crippen molar-refractivity contribution in [2.75, 3.05) is 44.9 Å². The molecule has 1 aromatic heterocycles. The standard InChI is InChI=1S/C24H31N3O4S2/c1-17-15-18(2)23-21(16-17)25-24(32-23)27(13-12-26(3)4)22(28)7-6-14-33(29,30)20-10-8-19(31-5)9-11-20/h8-11,15-16H,6-7,12-14H2,1-5H3. The van der Waals surface area contributed by atoms with Crippen LogP contribution in [0.4, 0.5) is 5.13 Å². The van der Waals surface area contributed by atoms with Gasteiger partial charge < -0.3 is 9.64 Å². The minimum absolute atomic E-state index is 0.0925. The molecule has 2 aromatic carbocycles. The number of sulfone groups is 1. The number of nitrogens with zero attached hydrogens (tertiary/aromatic N) is 3. The Labute approximate surface area is 199 Å². The summed E-state index contributed by atoms with van der Waals surface area (Å²) in [6.45, 7) is 5.26. The molecule has 0 spiro atoms. The van der Waals surface area contributed by atoms with E-state index in [9.17, 15) is 13.2 Å². The zero-order valence-electron chi connectivity index (χ0n) is 19.8. The van der Waals surface area contributed by atoms with Crippen LogP contribution in [0.15, 0.2) is 41.3 Å². The van der Waals surface area contributed by atoms with Gasteiger partial charge in [-0.2, -0.15) is 0 Å². The molecule has 3 rings (SSSR count). The van der Waals surface area contributed by atoms with Gasteiger partial charge >= 0.3 is 0 Å². The van der Waals surface area contributed by atoms with E-state index < -0.39 is 9.84 Å². The molecule has 0 saturated heterocycles. The summed E-state index contributed by atoms with van der Waals surface area (Å²) in [7, 11) is 1.97. The number of carbonyl (C=O) groups is 1. The topological polar surface area (TPSA) is 79.8 Å². The lowest BCUT2D eigenvalue weighted by Crippen LogP contribution is -2.36. The zero-order chi connectivity index (χ0) is 24.2. The average Bonchev–Trinajstić information content (AvgIpc) is 3.17.